The molecule has 2 bridgehead atoms. The molecule has 0 spiro atoms. The number of amides is 2. The molecule has 3 fully saturated rings. The van der Waals surface area contributed by atoms with Crippen molar-refractivity contribution in [2.75, 3.05) is 4.90 Å². The number of rotatable bonds is 1. The molecule has 6 atom stereocenters. The van der Waals surface area contributed by atoms with Crippen molar-refractivity contribution in [3.8, 4) is 0 Å². The first-order chi connectivity index (χ1) is 13.8. The number of carbonyl (C=O) groups excluding carboxylic acids is 2. The smallest absolute Gasteiger partial charge is 0.305 e. The Morgan fingerprint density at radius 2 is 1.72 bits per heavy atom. The largest absolute Gasteiger partial charge is 0.307 e. The Morgan fingerprint density at radius 1 is 1.07 bits per heavy atom. The zero-order chi connectivity index (χ0) is 20.2. The van der Waals surface area contributed by atoms with Gasteiger partial charge < -0.3 is 4.98 Å². The van der Waals surface area contributed by atoms with Crippen LogP contribution in [0.25, 0.3) is 0 Å². The molecule has 29 heavy (non-hydrogen) atoms. The van der Waals surface area contributed by atoms with E-state index in [1.807, 2.05) is 0 Å². The molecule has 5 nitrogen and oxygen atoms in total. The molecule has 1 aromatic carbocycles. The van der Waals surface area contributed by atoms with Crippen LogP contribution in [0.2, 0.25) is 0 Å². The van der Waals surface area contributed by atoms with Gasteiger partial charge in [-0.15, -0.1) is 11.8 Å². The third kappa shape index (κ3) is 2.14. The summed E-state index contributed by atoms with van der Waals surface area (Å²) >= 11 is 2.96. The van der Waals surface area contributed by atoms with Crippen molar-refractivity contribution >= 4 is 40.6 Å². The standard InChI is InChI=1S/C21H19FN2O3S2/c1-21(2)14-10-7-11(15(14)28-17-16(21)29-20(27)23-17)13-12(10)18(25)24(19(13)26)9-5-3-8(22)4-6-9/h3-6,10-15H,7H2,1-2H3,(H,23,27)/t10-,11-,12+,13+,14+,15-/m0/s1. The molecule has 2 saturated carbocycles. The highest BCUT2D eigenvalue weighted by Crippen LogP contribution is 2.69. The van der Waals surface area contributed by atoms with Gasteiger partial charge in [0.25, 0.3) is 0 Å². The predicted molar refractivity (Wildman–Crippen MR) is 109 cm³/mol. The van der Waals surface area contributed by atoms with Gasteiger partial charge in [0, 0.05) is 15.5 Å². The number of nitrogens with zero attached hydrogens (tertiary/aromatic N) is 1. The molecule has 2 aliphatic heterocycles. The molecule has 1 N–H and O–H groups in total. The van der Waals surface area contributed by atoms with Crippen molar-refractivity contribution in [1.82, 2.24) is 4.98 Å². The Kier molecular flexibility index (Phi) is 3.46. The fourth-order valence-corrected chi connectivity index (χ4v) is 9.65. The monoisotopic (exact) mass is 430 g/mol. The maximum Gasteiger partial charge on any atom is 0.305 e. The first-order valence-electron chi connectivity index (χ1n) is 9.82. The fraction of sp³-hybridized carbons (Fsp3) is 0.476. The van der Waals surface area contributed by atoms with Crippen molar-refractivity contribution in [2.24, 2.45) is 29.6 Å². The van der Waals surface area contributed by atoms with Gasteiger partial charge in [-0.25, -0.2) is 4.39 Å². The number of H-pyrrole nitrogens is 1. The van der Waals surface area contributed by atoms with Crippen LogP contribution in [0.5, 0.6) is 0 Å². The molecular formula is C21H19FN2O3S2. The van der Waals surface area contributed by atoms with Gasteiger partial charge in [0.15, 0.2) is 0 Å². The van der Waals surface area contributed by atoms with Crippen LogP contribution in [0.4, 0.5) is 10.1 Å². The van der Waals surface area contributed by atoms with Gasteiger partial charge in [0.2, 0.25) is 11.8 Å². The molecule has 2 amide bonds. The number of benzene rings is 1. The van der Waals surface area contributed by atoms with Crippen molar-refractivity contribution in [3.05, 3.63) is 44.6 Å². The first-order valence-corrected chi connectivity index (χ1v) is 11.5. The van der Waals surface area contributed by atoms with Crippen LogP contribution in [0.15, 0.2) is 34.1 Å². The summed E-state index contributed by atoms with van der Waals surface area (Å²) in [6.45, 7) is 4.34. The van der Waals surface area contributed by atoms with E-state index in [4.69, 9.17) is 0 Å². The van der Waals surface area contributed by atoms with Crippen molar-refractivity contribution in [1.29, 1.82) is 0 Å². The summed E-state index contributed by atoms with van der Waals surface area (Å²) in [5.41, 5.74) is 0.236. The molecule has 4 aliphatic rings. The molecular weight excluding hydrogens is 411 g/mol. The average Bonchev–Trinajstić information content (AvgIpc) is 3.38. The quantitative estimate of drug-likeness (QED) is 0.704. The number of halogens is 1. The van der Waals surface area contributed by atoms with E-state index in [0.29, 0.717) is 5.69 Å². The van der Waals surface area contributed by atoms with Gasteiger partial charge in [-0.1, -0.05) is 25.2 Å². The highest BCUT2D eigenvalue weighted by molar-refractivity contribution is 8.00. The Balaban J connectivity index is 1.42. The van der Waals surface area contributed by atoms with E-state index < -0.39 is 5.82 Å². The number of anilines is 1. The van der Waals surface area contributed by atoms with E-state index in [2.05, 4.69) is 18.8 Å². The molecule has 150 valence electrons. The number of hydrogen-bond donors (Lipinski definition) is 1. The molecule has 2 aromatic rings. The summed E-state index contributed by atoms with van der Waals surface area (Å²) in [5, 5.41) is 1.15. The number of aromatic nitrogens is 1. The summed E-state index contributed by atoms with van der Waals surface area (Å²) in [4.78, 5) is 43.9. The third-order valence-electron chi connectivity index (χ3n) is 7.48. The van der Waals surface area contributed by atoms with Crippen LogP contribution in [0.3, 0.4) is 0 Å². The van der Waals surface area contributed by atoms with E-state index in [0.717, 1.165) is 16.3 Å². The van der Waals surface area contributed by atoms with E-state index in [9.17, 15) is 18.8 Å². The van der Waals surface area contributed by atoms with Crippen molar-refractivity contribution in [3.63, 3.8) is 0 Å². The van der Waals surface area contributed by atoms with Gasteiger partial charge in [-0.2, -0.15) is 0 Å². The summed E-state index contributed by atoms with van der Waals surface area (Å²) in [6, 6.07) is 5.57. The average molecular weight is 431 g/mol. The molecule has 8 heteroatoms. The first kappa shape index (κ1) is 17.9. The van der Waals surface area contributed by atoms with Gasteiger partial charge in [-0.3, -0.25) is 19.3 Å². The Hall–Kier alpha value is -1.93. The summed E-state index contributed by atoms with van der Waals surface area (Å²) < 4.78 is 13.3. The number of nitrogens with one attached hydrogen (secondary N) is 1. The fourth-order valence-electron chi connectivity index (χ4n) is 6.50. The number of thiazole rings is 1. The number of aromatic amines is 1. The van der Waals surface area contributed by atoms with Crippen LogP contribution in [-0.2, 0) is 15.0 Å². The van der Waals surface area contributed by atoms with Crippen LogP contribution in [0, 0.1) is 35.4 Å². The van der Waals surface area contributed by atoms with Gasteiger partial charge in [0.05, 0.1) is 22.5 Å². The highest BCUT2D eigenvalue weighted by Gasteiger charge is 2.70. The second-order valence-corrected chi connectivity index (χ2v) is 11.3. The Bertz CT molecular complexity index is 1120. The molecule has 6 rings (SSSR count). The van der Waals surface area contributed by atoms with Gasteiger partial charge in [-0.05, 0) is 48.4 Å². The minimum atomic E-state index is -0.391. The predicted octanol–water partition coefficient (Wildman–Crippen LogP) is 3.40. The molecule has 0 unspecified atom stereocenters. The molecule has 3 heterocycles. The number of carbonyl (C=O) groups is 2. The van der Waals surface area contributed by atoms with Crippen LogP contribution in [0.1, 0.15) is 25.1 Å². The van der Waals surface area contributed by atoms with Crippen LogP contribution < -0.4 is 9.77 Å². The second kappa shape index (κ2) is 5.60. The van der Waals surface area contributed by atoms with E-state index >= 15 is 0 Å². The van der Waals surface area contributed by atoms with Gasteiger partial charge in [0.1, 0.15) is 5.82 Å². The van der Waals surface area contributed by atoms with E-state index in [1.54, 1.807) is 11.8 Å². The molecule has 0 radical (unpaired) electrons. The van der Waals surface area contributed by atoms with E-state index in [-0.39, 0.29) is 56.9 Å². The highest BCUT2D eigenvalue weighted by atomic mass is 32.2. The lowest BCUT2D eigenvalue weighted by Crippen LogP contribution is -2.48. The lowest BCUT2D eigenvalue weighted by molar-refractivity contribution is -0.123. The zero-order valence-electron chi connectivity index (χ0n) is 15.8. The van der Waals surface area contributed by atoms with Crippen LogP contribution in [-0.4, -0.2) is 22.0 Å². The SMILES string of the molecule is CC1(C)c2sc(=O)[nH]c2S[C@H]2[C@H]3C[C@@H]([C@H]4C(=O)N(c5ccc(F)cc5)C(=O)[C@H]34)[C@H]21. The second-order valence-electron chi connectivity index (χ2n) is 9.11. The Labute approximate surface area is 174 Å². The maximum atomic E-state index is 13.4. The van der Waals surface area contributed by atoms with Gasteiger partial charge >= 0.3 is 4.87 Å². The lowest BCUT2D eigenvalue weighted by atomic mass is 9.64. The summed E-state index contributed by atoms with van der Waals surface area (Å²) in [7, 11) is 0. The molecule has 1 saturated heterocycles. The zero-order valence-corrected chi connectivity index (χ0v) is 17.5. The molecule has 2 aliphatic carbocycles. The number of imide groups is 1. The number of hydrogen-bond acceptors (Lipinski definition) is 5. The lowest BCUT2D eigenvalue weighted by Gasteiger charge is -2.47. The van der Waals surface area contributed by atoms with Crippen molar-refractivity contribution in [2.45, 2.75) is 36.0 Å². The maximum absolute atomic E-state index is 13.4. The topological polar surface area (TPSA) is 70.2 Å². The Morgan fingerprint density at radius 3 is 2.41 bits per heavy atom. The summed E-state index contributed by atoms with van der Waals surface area (Å²) in [6.07, 6.45) is 0.884. The van der Waals surface area contributed by atoms with E-state index in [1.165, 1.54) is 40.5 Å². The minimum absolute atomic E-state index is 0.0438. The molecule has 1 aromatic heterocycles. The minimum Gasteiger partial charge on any atom is -0.307 e. The number of fused-ring (bicyclic) bond motifs is 9. The van der Waals surface area contributed by atoms with Crippen LogP contribution >= 0.6 is 23.1 Å². The third-order valence-corrected chi connectivity index (χ3v) is 10.3. The van der Waals surface area contributed by atoms with Crippen molar-refractivity contribution < 1.29 is 14.0 Å². The number of thioether (sulfide) groups is 1. The summed E-state index contributed by atoms with van der Waals surface area (Å²) in [5.74, 6) is -0.806. The normalized spacial score (nSPS) is 36.3.